The number of nitrogens with zero attached hydrogens (tertiary/aromatic N) is 2. The summed E-state index contributed by atoms with van der Waals surface area (Å²) < 4.78 is 17.3. The normalized spacial score (nSPS) is 12.0. The van der Waals surface area contributed by atoms with Crippen molar-refractivity contribution in [2.24, 2.45) is 0 Å². The third-order valence-electron chi connectivity index (χ3n) is 10.2. The van der Waals surface area contributed by atoms with Gasteiger partial charge in [-0.05, 0) is 80.9 Å². The fourth-order valence-corrected chi connectivity index (χ4v) is 10.4. The topological polar surface area (TPSA) is 34.4 Å². The maximum Gasteiger partial charge on any atom is 0.171 e. The van der Waals surface area contributed by atoms with Gasteiger partial charge >= 0.3 is 0 Å². The lowest BCUT2D eigenvalue weighted by Crippen LogP contribution is -2.24. The summed E-state index contributed by atoms with van der Waals surface area (Å²) in [7, 11) is -3.07. The van der Waals surface area contributed by atoms with E-state index in [0.717, 1.165) is 71.0 Å². The second-order valence-electron chi connectivity index (χ2n) is 13.1. The lowest BCUT2D eigenvalue weighted by molar-refractivity contribution is 0.592. The summed E-state index contributed by atoms with van der Waals surface area (Å²) in [4.78, 5) is 5.06. The number of hydrogen-bond acceptors (Lipinski definition) is 2. The minimum Gasteiger partial charge on any atom is -0.309 e. The number of pyridine rings is 1. The third kappa shape index (κ3) is 4.74. The molecule has 10 aromatic rings. The van der Waals surface area contributed by atoms with Crippen molar-refractivity contribution in [3.05, 3.63) is 188 Å². The number of para-hydroxylation sites is 3. The Bertz CT molecular complexity index is 2940. The van der Waals surface area contributed by atoms with Gasteiger partial charge in [-0.3, -0.25) is 4.40 Å². The molecule has 240 valence electrons. The highest BCUT2D eigenvalue weighted by Crippen LogP contribution is 2.43. The molecule has 0 radical (unpaired) electrons. The molecule has 0 fully saturated rings. The van der Waals surface area contributed by atoms with Crippen LogP contribution in [0.15, 0.2) is 188 Å². The molecular formula is C47H31N2OP. The van der Waals surface area contributed by atoms with Gasteiger partial charge in [0.2, 0.25) is 0 Å². The first-order chi connectivity index (χ1) is 25.1. The molecule has 0 bridgehead atoms. The van der Waals surface area contributed by atoms with E-state index >= 15 is 4.57 Å². The van der Waals surface area contributed by atoms with Gasteiger partial charge in [0.25, 0.3) is 0 Å². The molecule has 0 spiro atoms. The monoisotopic (exact) mass is 670 g/mol. The molecule has 0 unspecified atom stereocenters. The van der Waals surface area contributed by atoms with E-state index in [1.54, 1.807) is 0 Å². The smallest absolute Gasteiger partial charge is 0.171 e. The predicted molar refractivity (Wildman–Crippen MR) is 215 cm³/mol. The standard InChI is InChI=1S/C47H31N2OP/c50-51(38-11-3-1-4-12-38,39-13-5-2-6-14-39)40-27-25-34-23-24-35(29-37(34)30-40)32-19-21-33(22-20-32)36-26-28-42-43(31-36)41-15-7-9-17-45(41)49-46-18-10-8-16-44(46)48-47(42)49/h1-31H. The van der Waals surface area contributed by atoms with E-state index in [9.17, 15) is 0 Å². The average molecular weight is 671 g/mol. The number of fused-ring (bicyclic) bond motifs is 9. The van der Waals surface area contributed by atoms with Crippen molar-refractivity contribution < 1.29 is 4.57 Å². The summed E-state index contributed by atoms with van der Waals surface area (Å²) >= 11 is 0. The molecule has 0 aliphatic carbocycles. The molecule has 0 N–H and O–H groups in total. The van der Waals surface area contributed by atoms with Crippen LogP contribution in [0.3, 0.4) is 0 Å². The lowest BCUT2D eigenvalue weighted by atomic mass is 9.96. The van der Waals surface area contributed by atoms with Crippen molar-refractivity contribution in [1.82, 2.24) is 9.38 Å². The maximum atomic E-state index is 15.0. The van der Waals surface area contributed by atoms with Crippen LogP contribution in [0.1, 0.15) is 0 Å². The van der Waals surface area contributed by atoms with E-state index in [4.69, 9.17) is 4.98 Å². The van der Waals surface area contributed by atoms with Gasteiger partial charge in [-0.2, -0.15) is 0 Å². The third-order valence-corrected chi connectivity index (χ3v) is 13.3. The molecular weight excluding hydrogens is 640 g/mol. The van der Waals surface area contributed by atoms with Crippen LogP contribution in [0.25, 0.3) is 71.4 Å². The summed E-state index contributed by atoms with van der Waals surface area (Å²) in [6.45, 7) is 0. The summed E-state index contributed by atoms with van der Waals surface area (Å²) in [5, 5.41) is 8.26. The van der Waals surface area contributed by atoms with Crippen LogP contribution in [0.4, 0.5) is 0 Å². The Morgan fingerprint density at radius 3 is 1.69 bits per heavy atom. The predicted octanol–water partition coefficient (Wildman–Crippen LogP) is 10.9. The highest BCUT2D eigenvalue weighted by Gasteiger charge is 2.29. The van der Waals surface area contributed by atoms with Crippen molar-refractivity contribution in [3.63, 3.8) is 0 Å². The number of benzene rings is 8. The number of hydrogen-bond donors (Lipinski definition) is 0. The molecule has 0 atom stereocenters. The highest BCUT2D eigenvalue weighted by molar-refractivity contribution is 7.85. The fraction of sp³-hybridized carbons (Fsp3) is 0. The Labute approximate surface area is 295 Å². The zero-order valence-electron chi connectivity index (χ0n) is 27.6. The van der Waals surface area contributed by atoms with Gasteiger partial charge in [-0.25, -0.2) is 4.98 Å². The molecule has 8 aromatic carbocycles. The first-order valence-electron chi connectivity index (χ1n) is 17.2. The Kier molecular flexibility index (Phi) is 6.77. The first-order valence-corrected chi connectivity index (χ1v) is 18.9. The van der Waals surface area contributed by atoms with Crippen LogP contribution in [0.5, 0.6) is 0 Å². The fourth-order valence-electron chi connectivity index (χ4n) is 7.68. The van der Waals surface area contributed by atoms with Crippen LogP contribution >= 0.6 is 7.14 Å². The number of imidazole rings is 1. The average Bonchev–Trinajstić information content (AvgIpc) is 3.61. The Morgan fingerprint density at radius 1 is 0.392 bits per heavy atom. The Morgan fingerprint density at radius 2 is 0.961 bits per heavy atom. The second kappa shape index (κ2) is 11.7. The van der Waals surface area contributed by atoms with Crippen LogP contribution in [-0.4, -0.2) is 9.38 Å². The van der Waals surface area contributed by atoms with Crippen molar-refractivity contribution in [1.29, 1.82) is 0 Å². The number of aromatic nitrogens is 2. The van der Waals surface area contributed by atoms with Gasteiger partial charge in [0.05, 0.1) is 16.6 Å². The summed E-state index contributed by atoms with van der Waals surface area (Å²) in [6.07, 6.45) is 0. The van der Waals surface area contributed by atoms with E-state index in [0.29, 0.717) is 0 Å². The largest absolute Gasteiger partial charge is 0.309 e. The van der Waals surface area contributed by atoms with E-state index in [1.807, 2.05) is 72.8 Å². The summed E-state index contributed by atoms with van der Waals surface area (Å²) in [6, 6.07) is 65.0. The zero-order chi connectivity index (χ0) is 33.9. The molecule has 0 saturated heterocycles. The summed E-state index contributed by atoms with van der Waals surface area (Å²) in [5.41, 5.74) is 8.85. The lowest BCUT2D eigenvalue weighted by Gasteiger charge is -2.20. The number of rotatable bonds is 5. The maximum absolute atomic E-state index is 15.0. The summed E-state index contributed by atoms with van der Waals surface area (Å²) in [5.74, 6) is 0. The molecule has 3 nitrogen and oxygen atoms in total. The molecule has 0 amide bonds. The molecule has 4 heteroatoms. The van der Waals surface area contributed by atoms with E-state index in [-0.39, 0.29) is 0 Å². The first kappa shape index (κ1) is 29.6. The molecule has 51 heavy (non-hydrogen) atoms. The van der Waals surface area contributed by atoms with Crippen molar-refractivity contribution in [3.8, 4) is 22.3 Å². The molecule has 0 aliphatic rings. The molecule has 2 heterocycles. The van der Waals surface area contributed by atoms with Gasteiger partial charge in [-0.15, -0.1) is 0 Å². The van der Waals surface area contributed by atoms with Crippen LogP contribution < -0.4 is 15.9 Å². The van der Waals surface area contributed by atoms with Crippen molar-refractivity contribution in [2.75, 3.05) is 0 Å². The quantitative estimate of drug-likeness (QED) is 0.135. The Hall–Kier alpha value is -6.28. The second-order valence-corrected chi connectivity index (χ2v) is 15.9. The van der Waals surface area contributed by atoms with Gasteiger partial charge in [0.15, 0.2) is 7.14 Å². The molecule has 10 rings (SSSR count). The van der Waals surface area contributed by atoms with E-state index in [1.165, 1.54) is 16.3 Å². The van der Waals surface area contributed by atoms with Crippen LogP contribution in [0.2, 0.25) is 0 Å². The van der Waals surface area contributed by atoms with E-state index < -0.39 is 7.14 Å². The zero-order valence-corrected chi connectivity index (χ0v) is 28.5. The highest BCUT2D eigenvalue weighted by atomic mass is 31.2. The van der Waals surface area contributed by atoms with Gasteiger partial charge < -0.3 is 4.57 Å². The minimum atomic E-state index is -3.07. The van der Waals surface area contributed by atoms with Crippen molar-refractivity contribution in [2.45, 2.75) is 0 Å². The van der Waals surface area contributed by atoms with E-state index in [2.05, 4.69) is 120 Å². The Balaban J connectivity index is 1.04. The van der Waals surface area contributed by atoms with Gasteiger partial charge in [-0.1, -0.05) is 146 Å². The van der Waals surface area contributed by atoms with Crippen molar-refractivity contribution >= 4 is 72.2 Å². The molecule has 0 aliphatic heterocycles. The SMILES string of the molecule is O=P(c1ccccc1)(c1ccccc1)c1ccc2ccc(-c3ccc(-c4ccc5c(c4)c4ccccc4n4c6ccccc6nc54)cc3)cc2c1. The minimum absolute atomic E-state index is 0.837. The van der Waals surface area contributed by atoms with Gasteiger partial charge in [0.1, 0.15) is 5.65 Å². The molecule has 0 saturated carbocycles. The molecule has 2 aromatic heterocycles. The van der Waals surface area contributed by atoms with Gasteiger partial charge in [0, 0.05) is 26.7 Å². The van der Waals surface area contributed by atoms with Crippen LogP contribution in [0, 0.1) is 0 Å². The van der Waals surface area contributed by atoms with Crippen LogP contribution in [-0.2, 0) is 4.57 Å².